The van der Waals surface area contributed by atoms with Gasteiger partial charge in [0, 0.05) is 30.6 Å². The van der Waals surface area contributed by atoms with Gasteiger partial charge in [0.15, 0.2) is 11.5 Å². The maximum Gasteiger partial charge on any atom is 0.243 e. The Morgan fingerprint density at radius 2 is 1.90 bits per heavy atom. The van der Waals surface area contributed by atoms with E-state index in [1.54, 1.807) is 4.52 Å². The summed E-state index contributed by atoms with van der Waals surface area (Å²) < 4.78 is 1.70. The van der Waals surface area contributed by atoms with Crippen molar-refractivity contribution in [1.82, 2.24) is 30.2 Å². The molecule has 5 rings (SSSR count). The van der Waals surface area contributed by atoms with Gasteiger partial charge in [-0.1, -0.05) is 36.4 Å². The molecule has 29 heavy (non-hydrogen) atoms. The first-order valence-electron chi connectivity index (χ1n) is 9.67. The second-order valence-electron chi connectivity index (χ2n) is 7.13. The van der Waals surface area contributed by atoms with Crippen molar-refractivity contribution < 1.29 is 4.79 Å². The molecule has 2 aromatic carbocycles. The zero-order valence-electron chi connectivity index (χ0n) is 16.0. The minimum atomic E-state index is -0.444. The van der Waals surface area contributed by atoms with Crippen LogP contribution in [0.5, 0.6) is 0 Å². The standard InChI is InChI=1S/C21H21N7O/c1-13-6-2-3-7-14(13)18-26-19-15-8-4-5-9-16(15)24-21(28(19)27-18)25-17-12-22-10-11-23-20(17)29/h2-9,17,22H,10-12H2,1H3,(H,23,29)(H,24,25)/t17-/m1/s1. The molecular weight excluding hydrogens is 366 g/mol. The summed E-state index contributed by atoms with van der Waals surface area (Å²) in [7, 11) is 0. The van der Waals surface area contributed by atoms with Gasteiger partial charge in [-0.25, -0.2) is 9.97 Å². The second-order valence-corrected chi connectivity index (χ2v) is 7.13. The average molecular weight is 387 g/mol. The minimum Gasteiger partial charge on any atom is -0.353 e. The molecule has 3 heterocycles. The summed E-state index contributed by atoms with van der Waals surface area (Å²) in [4.78, 5) is 22.0. The molecule has 1 saturated heterocycles. The van der Waals surface area contributed by atoms with Crippen LogP contribution in [-0.2, 0) is 4.79 Å². The lowest BCUT2D eigenvalue weighted by Crippen LogP contribution is -2.42. The van der Waals surface area contributed by atoms with Crippen LogP contribution in [0, 0.1) is 6.92 Å². The van der Waals surface area contributed by atoms with E-state index in [1.807, 2.05) is 55.5 Å². The van der Waals surface area contributed by atoms with Crippen LogP contribution in [0.1, 0.15) is 5.56 Å². The Morgan fingerprint density at radius 3 is 2.79 bits per heavy atom. The summed E-state index contributed by atoms with van der Waals surface area (Å²) in [6, 6.07) is 15.4. The average Bonchev–Trinajstić information content (AvgIpc) is 3.08. The van der Waals surface area contributed by atoms with Crippen LogP contribution < -0.4 is 16.0 Å². The molecule has 8 nitrogen and oxygen atoms in total. The summed E-state index contributed by atoms with van der Waals surface area (Å²) in [5.74, 6) is 1.07. The van der Waals surface area contributed by atoms with Crippen LogP contribution in [0.4, 0.5) is 5.95 Å². The molecule has 1 amide bonds. The molecule has 2 aromatic heterocycles. The zero-order valence-corrected chi connectivity index (χ0v) is 16.0. The lowest BCUT2D eigenvalue weighted by Gasteiger charge is -2.16. The summed E-state index contributed by atoms with van der Waals surface area (Å²) in [5.41, 5.74) is 3.58. The Balaban J connectivity index is 1.68. The number of amides is 1. The lowest BCUT2D eigenvalue weighted by atomic mass is 10.1. The molecule has 4 aromatic rings. The maximum absolute atomic E-state index is 12.4. The number of hydrogen-bond donors (Lipinski definition) is 3. The first-order valence-corrected chi connectivity index (χ1v) is 9.67. The number of hydrogen-bond acceptors (Lipinski definition) is 6. The number of benzene rings is 2. The van der Waals surface area contributed by atoms with Gasteiger partial charge in [-0.2, -0.15) is 4.52 Å². The monoisotopic (exact) mass is 387 g/mol. The molecule has 0 bridgehead atoms. The Kier molecular flexibility index (Phi) is 4.33. The molecule has 0 unspecified atom stereocenters. The molecule has 1 aliphatic heterocycles. The summed E-state index contributed by atoms with van der Waals surface area (Å²) >= 11 is 0. The van der Waals surface area contributed by atoms with Crippen molar-refractivity contribution in [3.63, 3.8) is 0 Å². The minimum absolute atomic E-state index is 0.0580. The molecule has 0 aliphatic carbocycles. The van der Waals surface area contributed by atoms with Crippen molar-refractivity contribution in [2.24, 2.45) is 0 Å². The van der Waals surface area contributed by atoms with Crippen LogP contribution in [0.15, 0.2) is 48.5 Å². The Labute approximate surface area is 167 Å². The second kappa shape index (κ2) is 7.14. The third kappa shape index (κ3) is 3.17. The highest BCUT2D eigenvalue weighted by Gasteiger charge is 2.23. The first kappa shape index (κ1) is 17.6. The fourth-order valence-corrected chi connectivity index (χ4v) is 3.60. The van der Waals surface area contributed by atoms with Gasteiger partial charge in [-0.3, -0.25) is 4.79 Å². The van der Waals surface area contributed by atoms with Crippen molar-refractivity contribution >= 4 is 28.4 Å². The quantitative estimate of drug-likeness (QED) is 0.496. The molecular formula is C21H21N7O. The van der Waals surface area contributed by atoms with E-state index in [9.17, 15) is 4.79 Å². The van der Waals surface area contributed by atoms with Crippen LogP contribution in [-0.4, -0.2) is 51.2 Å². The number of nitrogens with zero attached hydrogens (tertiary/aromatic N) is 4. The van der Waals surface area contributed by atoms with E-state index in [4.69, 9.17) is 15.1 Å². The molecule has 0 radical (unpaired) electrons. The van der Waals surface area contributed by atoms with Crippen molar-refractivity contribution in [3.05, 3.63) is 54.1 Å². The highest BCUT2D eigenvalue weighted by atomic mass is 16.2. The molecule has 1 aliphatic rings. The lowest BCUT2D eigenvalue weighted by molar-refractivity contribution is -0.121. The topological polar surface area (TPSA) is 96.2 Å². The normalized spacial score (nSPS) is 17.3. The highest BCUT2D eigenvalue weighted by molar-refractivity contribution is 5.93. The van der Waals surface area contributed by atoms with E-state index < -0.39 is 6.04 Å². The van der Waals surface area contributed by atoms with Gasteiger partial charge < -0.3 is 16.0 Å². The number of aromatic nitrogens is 4. The number of carbonyl (C=O) groups is 1. The Hall–Kier alpha value is -3.52. The van der Waals surface area contributed by atoms with E-state index in [1.165, 1.54) is 0 Å². The highest BCUT2D eigenvalue weighted by Crippen LogP contribution is 2.26. The number of fused-ring (bicyclic) bond motifs is 3. The summed E-state index contributed by atoms with van der Waals surface area (Å²) in [6.07, 6.45) is 0. The van der Waals surface area contributed by atoms with E-state index >= 15 is 0 Å². The van der Waals surface area contributed by atoms with Gasteiger partial charge in [-0.15, -0.1) is 5.10 Å². The molecule has 0 spiro atoms. The van der Waals surface area contributed by atoms with Crippen LogP contribution in [0.25, 0.3) is 27.9 Å². The van der Waals surface area contributed by atoms with Gasteiger partial charge >= 0.3 is 0 Å². The van der Waals surface area contributed by atoms with Crippen molar-refractivity contribution in [2.45, 2.75) is 13.0 Å². The van der Waals surface area contributed by atoms with E-state index in [-0.39, 0.29) is 5.91 Å². The van der Waals surface area contributed by atoms with E-state index in [2.05, 4.69) is 16.0 Å². The predicted octanol–water partition coefficient (Wildman–Crippen LogP) is 1.75. The number of para-hydroxylation sites is 1. The van der Waals surface area contributed by atoms with E-state index in [0.29, 0.717) is 30.5 Å². The molecule has 3 N–H and O–H groups in total. The fraction of sp³-hybridized carbons (Fsp3) is 0.238. The largest absolute Gasteiger partial charge is 0.353 e. The van der Waals surface area contributed by atoms with Gasteiger partial charge in [-0.05, 0) is 24.6 Å². The first-order chi connectivity index (χ1) is 14.2. The maximum atomic E-state index is 12.4. The Morgan fingerprint density at radius 1 is 1.07 bits per heavy atom. The number of nitrogens with one attached hydrogen (secondary N) is 3. The SMILES string of the molecule is Cc1ccccc1-c1nc2c3ccccc3nc(N[C@@H]3CNCCNC3=O)n2n1. The van der Waals surface area contributed by atoms with Crippen molar-refractivity contribution in [3.8, 4) is 11.4 Å². The van der Waals surface area contributed by atoms with Crippen molar-refractivity contribution in [2.75, 3.05) is 25.0 Å². The molecule has 0 saturated carbocycles. The third-order valence-electron chi connectivity index (χ3n) is 5.13. The smallest absolute Gasteiger partial charge is 0.243 e. The van der Waals surface area contributed by atoms with Crippen molar-refractivity contribution in [1.29, 1.82) is 0 Å². The van der Waals surface area contributed by atoms with E-state index in [0.717, 1.165) is 28.6 Å². The van der Waals surface area contributed by atoms with Gasteiger partial charge in [0.05, 0.1) is 5.52 Å². The van der Waals surface area contributed by atoms with Gasteiger partial charge in [0.25, 0.3) is 0 Å². The summed E-state index contributed by atoms with van der Waals surface area (Å²) in [6.45, 7) is 3.91. The predicted molar refractivity (Wildman–Crippen MR) is 112 cm³/mol. The summed E-state index contributed by atoms with van der Waals surface area (Å²) in [5, 5.41) is 15.1. The number of carbonyl (C=O) groups excluding carboxylic acids is 1. The zero-order chi connectivity index (χ0) is 19.8. The number of rotatable bonds is 3. The van der Waals surface area contributed by atoms with Crippen LogP contribution in [0.3, 0.4) is 0 Å². The van der Waals surface area contributed by atoms with Crippen LogP contribution in [0.2, 0.25) is 0 Å². The molecule has 1 fully saturated rings. The Bertz CT molecular complexity index is 1220. The molecule has 8 heteroatoms. The van der Waals surface area contributed by atoms with Gasteiger partial charge in [0.1, 0.15) is 6.04 Å². The van der Waals surface area contributed by atoms with Crippen LogP contribution >= 0.6 is 0 Å². The molecule has 146 valence electrons. The fourth-order valence-electron chi connectivity index (χ4n) is 3.60. The number of aryl methyl sites for hydroxylation is 1. The van der Waals surface area contributed by atoms with Gasteiger partial charge in [0.2, 0.25) is 11.9 Å². The third-order valence-corrected chi connectivity index (χ3v) is 5.13. The number of anilines is 1. The molecule has 1 atom stereocenters.